The van der Waals surface area contributed by atoms with E-state index in [4.69, 9.17) is 15.6 Å². The van der Waals surface area contributed by atoms with E-state index in [1.165, 1.54) is 0 Å². The molecule has 2 heterocycles. The second-order valence-electron chi connectivity index (χ2n) is 5.11. The molecule has 1 unspecified atom stereocenters. The monoisotopic (exact) mass is 365 g/mol. The maximum Gasteiger partial charge on any atom is 0.339 e. The Morgan fingerprint density at radius 1 is 1.46 bits per heavy atom. The maximum absolute atomic E-state index is 11.8. The van der Waals surface area contributed by atoms with Crippen LogP contribution in [0.15, 0.2) is 11.0 Å². The minimum atomic E-state index is -4.42. The molecule has 12 nitrogen and oxygen atoms in total. The number of hydrogen-bond donors (Lipinski definition) is 6. The minimum absolute atomic E-state index is 0.101. The molecule has 0 bridgehead atoms. The number of nitrogens with zero attached hydrogens (tertiary/aromatic N) is 1. The van der Waals surface area contributed by atoms with Crippen LogP contribution in [0.2, 0.25) is 0 Å². The summed E-state index contributed by atoms with van der Waals surface area (Å²) in [6.07, 6.45) is -5.62. The van der Waals surface area contributed by atoms with E-state index in [2.05, 4.69) is 14.5 Å². The number of carboxylic acid groups (broad SMARTS) is 1. The van der Waals surface area contributed by atoms with E-state index in [0.29, 0.717) is 0 Å². The smallest absolute Gasteiger partial charge is 0.339 e. The number of nitrogen functional groups attached to an aromatic ring is 1. The molecule has 0 radical (unpaired) electrons. The summed E-state index contributed by atoms with van der Waals surface area (Å²) in [5.74, 6) is -1.68. The number of ether oxygens (including phenoxy) is 1. The van der Waals surface area contributed by atoms with Crippen LogP contribution in [-0.4, -0.2) is 67.2 Å². The number of carboxylic acids is 1. The van der Waals surface area contributed by atoms with E-state index in [1.54, 1.807) is 0 Å². The van der Waals surface area contributed by atoms with E-state index in [9.17, 15) is 29.3 Å². The highest BCUT2D eigenvalue weighted by Gasteiger charge is 2.45. The summed E-state index contributed by atoms with van der Waals surface area (Å²) >= 11 is 0. The van der Waals surface area contributed by atoms with Crippen molar-refractivity contribution in [2.24, 2.45) is 0 Å². The van der Waals surface area contributed by atoms with Crippen molar-refractivity contribution in [3.63, 3.8) is 0 Å². The molecule has 2 rings (SSSR count). The lowest BCUT2D eigenvalue weighted by molar-refractivity contribution is -0.134. The number of H-pyrrole nitrogens is 1. The van der Waals surface area contributed by atoms with E-state index < -0.39 is 56.3 Å². The lowest BCUT2D eigenvalue weighted by Crippen LogP contribution is -2.33. The van der Waals surface area contributed by atoms with Gasteiger partial charge in [0.15, 0.2) is 5.95 Å². The van der Waals surface area contributed by atoms with Gasteiger partial charge in [-0.15, -0.1) is 0 Å². The second-order valence-corrected chi connectivity index (χ2v) is 6.96. The Labute approximate surface area is 134 Å². The number of aliphatic hydroxyl groups is 2. The Bertz CT molecular complexity index is 723. The Morgan fingerprint density at radius 3 is 2.71 bits per heavy atom. The summed E-state index contributed by atoms with van der Waals surface area (Å²) in [6, 6.07) is 0. The van der Waals surface area contributed by atoms with Gasteiger partial charge in [-0.2, -0.15) is 0 Å². The molecule has 134 valence electrons. The van der Waals surface area contributed by atoms with Crippen LogP contribution in [0.1, 0.15) is 11.7 Å². The molecule has 24 heavy (non-hydrogen) atoms. The van der Waals surface area contributed by atoms with Crippen LogP contribution in [0.5, 0.6) is 0 Å². The molecule has 0 aromatic carbocycles. The first-order chi connectivity index (χ1) is 11.1. The van der Waals surface area contributed by atoms with E-state index >= 15 is 0 Å². The van der Waals surface area contributed by atoms with Gasteiger partial charge < -0.3 is 35.2 Å². The van der Waals surface area contributed by atoms with Crippen molar-refractivity contribution in [3.05, 3.63) is 22.1 Å². The Kier molecular flexibility index (Phi) is 5.38. The molecule has 1 aliphatic rings. The van der Waals surface area contributed by atoms with E-state index in [1.807, 2.05) is 0 Å². The number of rotatable bonds is 6. The van der Waals surface area contributed by atoms with Crippen LogP contribution in [0.3, 0.4) is 0 Å². The van der Waals surface area contributed by atoms with Crippen molar-refractivity contribution in [2.45, 2.75) is 24.4 Å². The lowest BCUT2D eigenvalue weighted by atomic mass is 10.0. The molecule has 7 N–H and O–H groups in total. The van der Waals surface area contributed by atoms with E-state index in [0.717, 1.165) is 6.20 Å². The summed E-state index contributed by atoms with van der Waals surface area (Å²) in [5, 5.41) is 28.4. The summed E-state index contributed by atoms with van der Waals surface area (Å²) in [5.41, 5.74) is 4.52. The fraction of sp³-hybridized carbons (Fsp3) is 0.545. The Balaban J connectivity index is 2.08. The van der Waals surface area contributed by atoms with Gasteiger partial charge in [-0.1, -0.05) is 0 Å². The first-order valence-electron chi connectivity index (χ1n) is 6.65. The first kappa shape index (κ1) is 18.5. The number of carbonyl (C=O) groups is 1. The fourth-order valence-electron chi connectivity index (χ4n) is 2.17. The van der Waals surface area contributed by atoms with Crippen LogP contribution in [0.4, 0.5) is 5.95 Å². The van der Waals surface area contributed by atoms with Gasteiger partial charge in [0.2, 0.25) is 0 Å². The number of anilines is 1. The van der Waals surface area contributed by atoms with Gasteiger partial charge in [0, 0.05) is 6.20 Å². The lowest BCUT2D eigenvalue weighted by Gasteiger charge is -2.16. The Hall–Kier alpha value is -1.82. The molecular formula is C11H16N3O9P. The zero-order valence-electron chi connectivity index (χ0n) is 12.1. The molecule has 0 spiro atoms. The Morgan fingerprint density at radius 2 is 2.12 bits per heavy atom. The molecule has 0 aliphatic carbocycles. The maximum atomic E-state index is 11.8. The molecule has 1 aromatic rings. The van der Waals surface area contributed by atoms with Gasteiger partial charge in [0.1, 0.15) is 30.6 Å². The van der Waals surface area contributed by atoms with Gasteiger partial charge in [-0.25, -0.2) is 4.98 Å². The number of aliphatic carboxylic acids is 1. The van der Waals surface area contributed by atoms with Gasteiger partial charge >= 0.3 is 13.6 Å². The summed E-state index contributed by atoms with van der Waals surface area (Å²) in [4.78, 5) is 37.4. The van der Waals surface area contributed by atoms with Crippen molar-refractivity contribution < 1.29 is 38.8 Å². The topological polar surface area (TPSA) is 205 Å². The van der Waals surface area contributed by atoms with E-state index in [-0.39, 0.29) is 11.5 Å². The largest absolute Gasteiger partial charge is 0.481 e. The second kappa shape index (κ2) is 6.97. The first-order valence-corrected chi connectivity index (χ1v) is 8.41. The average Bonchev–Trinajstić information content (AvgIpc) is 2.72. The van der Waals surface area contributed by atoms with Crippen LogP contribution < -0.4 is 11.3 Å². The number of aliphatic hydroxyl groups excluding tert-OH is 2. The molecule has 5 atom stereocenters. The number of aromatic nitrogens is 2. The number of hydrogen-bond acceptors (Lipinski definition) is 9. The number of nitrogens with two attached hydrogens (primary N) is 1. The normalized spacial score (nSPS) is 29.3. The molecule has 1 aromatic heterocycles. The van der Waals surface area contributed by atoms with Gasteiger partial charge in [-0.05, 0) is 0 Å². The SMILES string of the molecule is Nc1ncc([C@@H]2O[C@H](COP(=O)(O)CC(=O)O)[C@@H](O)[C@H]2O)c(=O)[nH]1. The van der Waals surface area contributed by atoms with Crippen molar-refractivity contribution in [1.82, 2.24) is 9.97 Å². The number of aromatic amines is 1. The highest BCUT2D eigenvalue weighted by Crippen LogP contribution is 2.43. The third-order valence-electron chi connectivity index (χ3n) is 3.29. The summed E-state index contributed by atoms with van der Waals surface area (Å²) < 4.78 is 21.4. The van der Waals surface area contributed by atoms with Crippen molar-refractivity contribution in [3.8, 4) is 0 Å². The summed E-state index contributed by atoms with van der Waals surface area (Å²) in [6.45, 7) is -0.657. The van der Waals surface area contributed by atoms with Crippen molar-refractivity contribution in [1.29, 1.82) is 0 Å². The highest BCUT2D eigenvalue weighted by molar-refractivity contribution is 7.53. The molecule has 0 saturated carbocycles. The van der Waals surface area contributed by atoms with Crippen LogP contribution in [0.25, 0.3) is 0 Å². The standard InChI is InChI=1S/C11H16N3O9P/c12-11-13-1-4(10(19)14-11)9-8(18)7(17)5(23-9)2-22-24(20,21)3-6(15)16/h1,5,7-9,17-18H,2-3H2,(H,15,16)(H,20,21)(H3,12,13,14,19)/t5-,7-,8-,9+/m1/s1. The van der Waals surface area contributed by atoms with Gasteiger partial charge in [-0.3, -0.25) is 19.1 Å². The third-order valence-corrected chi connectivity index (χ3v) is 4.51. The van der Waals surface area contributed by atoms with Crippen molar-refractivity contribution in [2.75, 3.05) is 18.5 Å². The quantitative estimate of drug-likeness (QED) is 0.298. The zero-order chi connectivity index (χ0) is 18.1. The molecule has 1 fully saturated rings. The minimum Gasteiger partial charge on any atom is -0.481 e. The van der Waals surface area contributed by atoms with Crippen molar-refractivity contribution >= 4 is 19.5 Å². The predicted octanol–water partition coefficient (Wildman–Crippen LogP) is -2.20. The predicted molar refractivity (Wildman–Crippen MR) is 77.2 cm³/mol. The average molecular weight is 365 g/mol. The van der Waals surface area contributed by atoms with Crippen LogP contribution in [0, 0.1) is 0 Å². The molecule has 1 aliphatic heterocycles. The molecule has 13 heteroatoms. The van der Waals surface area contributed by atoms with Gasteiger partial charge in [0.25, 0.3) is 5.56 Å². The van der Waals surface area contributed by atoms with Gasteiger partial charge in [0.05, 0.1) is 12.2 Å². The molecule has 0 amide bonds. The number of nitrogens with one attached hydrogen (secondary N) is 1. The molecular weight excluding hydrogens is 349 g/mol. The third kappa shape index (κ3) is 4.17. The van der Waals surface area contributed by atoms with Crippen LogP contribution >= 0.6 is 7.60 Å². The van der Waals surface area contributed by atoms with Crippen LogP contribution in [-0.2, 0) is 18.6 Å². The highest BCUT2D eigenvalue weighted by atomic mass is 31.2. The molecule has 1 saturated heterocycles. The fourth-order valence-corrected chi connectivity index (χ4v) is 2.98. The zero-order valence-corrected chi connectivity index (χ0v) is 13.0. The summed E-state index contributed by atoms with van der Waals surface area (Å²) in [7, 11) is -4.42.